The van der Waals surface area contributed by atoms with Crippen LogP contribution in [0.25, 0.3) is 0 Å². The molecule has 0 spiro atoms. The lowest BCUT2D eigenvalue weighted by molar-refractivity contribution is -0.127. The summed E-state index contributed by atoms with van der Waals surface area (Å²) < 4.78 is 0. The molecule has 1 aliphatic rings. The molecule has 2 N–H and O–H groups in total. The second-order valence-electron chi connectivity index (χ2n) is 4.69. The molecule has 15 heavy (non-hydrogen) atoms. The molecule has 88 valence electrons. The van der Waals surface area contributed by atoms with Gasteiger partial charge in [-0.15, -0.1) is 0 Å². The van der Waals surface area contributed by atoms with Crippen molar-refractivity contribution in [1.29, 1.82) is 0 Å². The number of hydrogen-bond donors (Lipinski definition) is 2. The molecule has 0 aromatic carbocycles. The van der Waals surface area contributed by atoms with E-state index in [1.807, 2.05) is 0 Å². The van der Waals surface area contributed by atoms with Gasteiger partial charge < -0.3 is 10.6 Å². The van der Waals surface area contributed by atoms with E-state index < -0.39 is 0 Å². The lowest BCUT2D eigenvalue weighted by atomic mass is 9.91. The molecule has 3 atom stereocenters. The van der Waals surface area contributed by atoms with Gasteiger partial charge in [-0.2, -0.15) is 0 Å². The summed E-state index contributed by atoms with van der Waals surface area (Å²) in [5.41, 5.74) is 0. The Hall–Kier alpha value is -0.570. The Morgan fingerprint density at radius 1 is 1.60 bits per heavy atom. The van der Waals surface area contributed by atoms with E-state index in [1.54, 1.807) is 0 Å². The molecule has 1 rings (SSSR count). The third kappa shape index (κ3) is 3.82. The van der Waals surface area contributed by atoms with E-state index in [0.29, 0.717) is 12.1 Å². The van der Waals surface area contributed by atoms with Gasteiger partial charge in [-0.1, -0.05) is 13.3 Å². The topological polar surface area (TPSA) is 41.1 Å². The van der Waals surface area contributed by atoms with Crippen molar-refractivity contribution < 1.29 is 4.79 Å². The van der Waals surface area contributed by atoms with Crippen molar-refractivity contribution in [3.8, 4) is 0 Å². The average molecular weight is 212 g/mol. The van der Waals surface area contributed by atoms with Crippen LogP contribution in [0.15, 0.2) is 0 Å². The quantitative estimate of drug-likeness (QED) is 0.744. The summed E-state index contributed by atoms with van der Waals surface area (Å²) in [4.78, 5) is 11.9. The molecule has 0 saturated carbocycles. The molecule has 3 nitrogen and oxygen atoms in total. The Morgan fingerprint density at radius 2 is 2.33 bits per heavy atom. The minimum absolute atomic E-state index is 0.165. The van der Waals surface area contributed by atoms with E-state index in [1.165, 1.54) is 0 Å². The highest BCUT2D eigenvalue weighted by molar-refractivity contribution is 5.79. The van der Waals surface area contributed by atoms with Crippen molar-refractivity contribution in [2.75, 3.05) is 6.54 Å². The first-order valence-electron chi connectivity index (χ1n) is 6.19. The number of hydrogen-bond acceptors (Lipinski definition) is 2. The van der Waals surface area contributed by atoms with Gasteiger partial charge in [-0.3, -0.25) is 4.79 Å². The van der Waals surface area contributed by atoms with Gasteiger partial charge in [0.2, 0.25) is 5.91 Å². The average Bonchev–Trinajstić information content (AvgIpc) is 2.18. The zero-order valence-electron chi connectivity index (χ0n) is 10.2. The summed E-state index contributed by atoms with van der Waals surface area (Å²) in [5, 5.41) is 6.46. The largest absolute Gasteiger partial charge is 0.353 e. The molecule has 0 aliphatic carbocycles. The molecule has 3 unspecified atom stereocenters. The van der Waals surface area contributed by atoms with Gasteiger partial charge in [0.05, 0.1) is 5.92 Å². The van der Waals surface area contributed by atoms with E-state index in [-0.39, 0.29) is 11.8 Å². The number of carbonyl (C=O) groups excluding carboxylic acids is 1. The molecule has 0 aromatic rings. The van der Waals surface area contributed by atoms with Crippen molar-refractivity contribution in [3.05, 3.63) is 0 Å². The fourth-order valence-corrected chi connectivity index (χ4v) is 2.26. The molecule has 1 fully saturated rings. The molecule has 0 radical (unpaired) electrons. The Kier molecular flexibility index (Phi) is 5.09. The Labute approximate surface area is 93.0 Å². The van der Waals surface area contributed by atoms with Crippen LogP contribution in [0.2, 0.25) is 0 Å². The third-order valence-electron chi connectivity index (χ3n) is 3.21. The summed E-state index contributed by atoms with van der Waals surface area (Å²) >= 11 is 0. The van der Waals surface area contributed by atoms with Crippen molar-refractivity contribution in [2.24, 2.45) is 5.92 Å². The molecule has 1 amide bonds. The van der Waals surface area contributed by atoms with Crippen molar-refractivity contribution >= 4 is 5.91 Å². The van der Waals surface area contributed by atoms with Gasteiger partial charge in [0, 0.05) is 12.1 Å². The second-order valence-corrected chi connectivity index (χ2v) is 4.69. The second kappa shape index (κ2) is 6.11. The van der Waals surface area contributed by atoms with Crippen LogP contribution >= 0.6 is 0 Å². The van der Waals surface area contributed by atoms with Crippen molar-refractivity contribution in [2.45, 2.75) is 58.5 Å². The van der Waals surface area contributed by atoms with Gasteiger partial charge in [0.15, 0.2) is 0 Å². The predicted octanol–water partition coefficient (Wildman–Crippen LogP) is 1.68. The third-order valence-corrected chi connectivity index (χ3v) is 3.21. The normalized spacial score (nSPS) is 28.5. The Balaban J connectivity index is 2.37. The zero-order chi connectivity index (χ0) is 11.3. The molecule has 1 saturated heterocycles. The molecular weight excluding hydrogens is 188 g/mol. The van der Waals surface area contributed by atoms with Crippen LogP contribution in [0, 0.1) is 5.92 Å². The fourth-order valence-electron chi connectivity index (χ4n) is 2.26. The predicted molar refractivity (Wildman–Crippen MR) is 62.7 cm³/mol. The fraction of sp³-hybridized carbons (Fsp3) is 0.917. The summed E-state index contributed by atoms with van der Waals surface area (Å²) in [5.74, 6) is 0.397. The molecule has 0 aromatic heterocycles. The SMILES string of the molecule is CCCC(C)NC(=O)C1CCCNC1C. The molecule has 1 heterocycles. The van der Waals surface area contributed by atoms with Crippen LogP contribution in [-0.4, -0.2) is 24.5 Å². The summed E-state index contributed by atoms with van der Waals surface area (Å²) in [6.07, 6.45) is 4.34. The zero-order valence-corrected chi connectivity index (χ0v) is 10.2. The van der Waals surface area contributed by atoms with E-state index in [0.717, 1.165) is 32.2 Å². The highest BCUT2D eigenvalue weighted by Crippen LogP contribution is 2.16. The van der Waals surface area contributed by atoms with E-state index in [2.05, 4.69) is 31.4 Å². The van der Waals surface area contributed by atoms with Gasteiger partial charge in [0.1, 0.15) is 0 Å². The summed E-state index contributed by atoms with van der Waals surface area (Å²) in [6, 6.07) is 0.643. The number of rotatable bonds is 4. The minimum Gasteiger partial charge on any atom is -0.353 e. The van der Waals surface area contributed by atoms with E-state index in [9.17, 15) is 4.79 Å². The first kappa shape index (κ1) is 12.5. The number of amides is 1. The van der Waals surface area contributed by atoms with Crippen LogP contribution < -0.4 is 10.6 Å². The van der Waals surface area contributed by atoms with Crippen molar-refractivity contribution in [3.63, 3.8) is 0 Å². The Bertz CT molecular complexity index is 206. The first-order valence-corrected chi connectivity index (χ1v) is 6.19. The lowest BCUT2D eigenvalue weighted by Crippen LogP contribution is -2.48. The van der Waals surface area contributed by atoms with Crippen LogP contribution in [-0.2, 0) is 4.79 Å². The highest BCUT2D eigenvalue weighted by atomic mass is 16.2. The number of carbonyl (C=O) groups is 1. The van der Waals surface area contributed by atoms with Crippen LogP contribution in [0.5, 0.6) is 0 Å². The Morgan fingerprint density at radius 3 is 2.93 bits per heavy atom. The van der Waals surface area contributed by atoms with Crippen molar-refractivity contribution in [1.82, 2.24) is 10.6 Å². The molecule has 0 bridgehead atoms. The van der Waals surface area contributed by atoms with Gasteiger partial charge in [-0.25, -0.2) is 0 Å². The smallest absolute Gasteiger partial charge is 0.224 e. The van der Waals surface area contributed by atoms with Crippen LogP contribution in [0.4, 0.5) is 0 Å². The van der Waals surface area contributed by atoms with Gasteiger partial charge >= 0.3 is 0 Å². The van der Waals surface area contributed by atoms with Gasteiger partial charge in [-0.05, 0) is 39.7 Å². The lowest BCUT2D eigenvalue weighted by Gasteiger charge is -2.30. The maximum Gasteiger partial charge on any atom is 0.224 e. The first-order chi connectivity index (χ1) is 7.15. The molecule has 3 heteroatoms. The highest BCUT2D eigenvalue weighted by Gasteiger charge is 2.27. The molecule has 1 aliphatic heterocycles. The van der Waals surface area contributed by atoms with E-state index in [4.69, 9.17) is 0 Å². The maximum absolute atomic E-state index is 11.9. The van der Waals surface area contributed by atoms with Gasteiger partial charge in [0.25, 0.3) is 0 Å². The summed E-state index contributed by atoms with van der Waals surface area (Å²) in [6.45, 7) is 7.39. The number of nitrogens with one attached hydrogen (secondary N) is 2. The maximum atomic E-state index is 11.9. The van der Waals surface area contributed by atoms with Crippen LogP contribution in [0.3, 0.4) is 0 Å². The standard InChI is InChI=1S/C12H24N2O/c1-4-6-9(2)14-12(15)11-7-5-8-13-10(11)3/h9-11,13H,4-8H2,1-3H3,(H,14,15). The van der Waals surface area contributed by atoms with E-state index >= 15 is 0 Å². The number of piperidine rings is 1. The minimum atomic E-state index is 0.165. The monoisotopic (exact) mass is 212 g/mol. The molecular formula is C12H24N2O. The van der Waals surface area contributed by atoms with Crippen LogP contribution in [0.1, 0.15) is 46.5 Å². The summed E-state index contributed by atoms with van der Waals surface area (Å²) in [7, 11) is 0.